The Kier molecular flexibility index (Phi) is 5.87. The zero-order valence-corrected chi connectivity index (χ0v) is 13.9. The van der Waals surface area contributed by atoms with Crippen LogP contribution in [0.5, 0.6) is 0 Å². The van der Waals surface area contributed by atoms with Gasteiger partial charge in [-0.1, -0.05) is 46.2 Å². The van der Waals surface area contributed by atoms with Crippen LogP contribution < -0.4 is 5.32 Å². The highest BCUT2D eigenvalue weighted by Crippen LogP contribution is 2.26. The molecule has 1 aromatic rings. The molecule has 1 N–H and O–H groups in total. The fraction of sp³-hybridized carbons (Fsp3) is 0.800. The van der Waals surface area contributed by atoms with E-state index in [0.717, 1.165) is 42.2 Å². The summed E-state index contributed by atoms with van der Waals surface area (Å²) in [4.78, 5) is 0. The van der Waals surface area contributed by atoms with Crippen LogP contribution in [0.2, 0.25) is 5.02 Å². The van der Waals surface area contributed by atoms with Crippen LogP contribution in [0.4, 0.5) is 0 Å². The summed E-state index contributed by atoms with van der Waals surface area (Å²) in [5.41, 5.74) is 2.43. The minimum Gasteiger partial charge on any atom is -0.314 e. The van der Waals surface area contributed by atoms with Crippen molar-refractivity contribution < 1.29 is 0 Å². The van der Waals surface area contributed by atoms with Crippen LogP contribution in [0.15, 0.2) is 0 Å². The van der Waals surface area contributed by atoms with Gasteiger partial charge in [0.1, 0.15) is 0 Å². The van der Waals surface area contributed by atoms with Crippen LogP contribution in [-0.2, 0) is 19.9 Å². The molecule has 19 heavy (non-hydrogen) atoms. The molecular weight excluding hydrogens is 258 g/mol. The normalized spacial score (nSPS) is 13.8. The summed E-state index contributed by atoms with van der Waals surface area (Å²) in [6.07, 6.45) is 2.94. The van der Waals surface area contributed by atoms with Gasteiger partial charge in [-0.15, -0.1) is 0 Å². The zero-order chi connectivity index (χ0) is 14.6. The standard InChI is InChI=1S/C15H28ClN3/c1-7-11-14(16)12(19(6)18-11)9-10-13(17-8-2)15(3,4)5/h13,17H,7-10H2,1-6H3. The van der Waals surface area contributed by atoms with Gasteiger partial charge in [-0.3, -0.25) is 4.68 Å². The Morgan fingerprint density at radius 1 is 1.32 bits per heavy atom. The molecule has 0 aliphatic rings. The van der Waals surface area contributed by atoms with Crippen molar-refractivity contribution in [2.45, 2.75) is 59.9 Å². The van der Waals surface area contributed by atoms with Gasteiger partial charge in [0.25, 0.3) is 0 Å². The SMILES string of the molecule is CCNC(CCc1c(Cl)c(CC)nn1C)C(C)(C)C. The summed E-state index contributed by atoms with van der Waals surface area (Å²) in [5, 5.41) is 8.91. The van der Waals surface area contributed by atoms with Gasteiger partial charge < -0.3 is 5.32 Å². The number of aromatic nitrogens is 2. The quantitative estimate of drug-likeness (QED) is 0.866. The highest BCUT2D eigenvalue weighted by atomic mass is 35.5. The first kappa shape index (κ1) is 16.5. The van der Waals surface area contributed by atoms with Crippen molar-refractivity contribution in [1.82, 2.24) is 15.1 Å². The molecule has 0 amide bonds. The molecule has 1 rings (SSSR count). The largest absolute Gasteiger partial charge is 0.314 e. The first-order valence-electron chi connectivity index (χ1n) is 7.24. The molecule has 1 atom stereocenters. The fourth-order valence-corrected chi connectivity index (χ4v) is 2.85. The third kappa shape index (κ3) is 4.22. The van der Waals surface area contributed by atoms with Crippen LogP contribution >= 0.6 is 11.6 Å². The molecule has 0 fully saturated rings. The number of halogens is 1. The van der Waals surface area contributed by atoms with E-state index in [1.807, 2.05) is 11.7 Å². The number of nitrogens with one attached hydrogen (secondary N) is 1. The second-order valence-electron chi connectivity index (χ2n) is 6.20. The molecule has 1 aromatic heterocycles. The lowest BCUT2D eigenvalue weighted by molar-refractivity contribution is 0.257. The van der Waals surface area contributed by atoms with Crippen molar-refractivity contribution in [2.24, 2.45) is 12.5 Å². The maximum absolute atomic E-state index is 6.40. The van der Waals surface area contributed by atoms with Gasteiger partial charge in [0.15, 0.2) is 0 Å². The van der Waals surface area contributed by atoms with Gasteiger partial charge in [0.05, 0.1) is 16.4 Å². The first-order valence-corrected chi connectivity index (χ1v) is 7.62. The predicted octanol–water partition coefficient (Wildman–Crippen LogP) is 3.59. The van der Waals surface area contributed by atoms with Gasteiger partial charge in [0.2, 0.25) is 0 Å². The summed E-state index contributed by atoms with van der Waals surface area (Å²) in [6, 6.07) is 0.494. The van der Waals surface area contributed by atoms with E-state index in [1.54, 1.807) is 0 Å². The van der Waals surface area contributed by atoms with E-state index in [-0.39, 0.29) is 5.41 Å². The molecule has 110 valence electrons. The van der Waals surface area contributed by atoms with E-state index >= 15 is 0 Å². The van der Waals surface area contributed by atoms with Crippen LogP contribution in [-0.4, -0.2) is 22.4 Å². The summed E-state index contributed by atoms with van der Waals surface area (Å²) in [5.74, 6) is 0. The molecule has 0 saturated carbocycles. The van der Waals surface area contributed by atoms with Gasteiger partial charge in [-0.25, -0.2) is 0 Å². The van der Waals surface area contributed by atoms with Crippen LogP contribution in [0, 0.1) is 5.41 Å². The average Bonchev–Trinajstić information content (AvgIpc) is 2.59. The number of hydrogen-bond donors (Lipinski definition) is 1. The molecule has 0 radical (unpaired) electrons. The van der Waals surface area contributed by atoms with Crippen LogP contribution in [0.1, 0.15) is 52.4 Å². The lowest BCUT2D eigenvalue weighted by Crippen LogP contribution is -2.40. The predicted molar refractivity (Wildman–Crippen MR) is 82.8 cm³/mol. The van der Waals surface area contributed by atoms with Gasteiger partial charge in [-0.05, 0) is 31.2 Å². The smallest absolute Gasteiger partial charge is 0.0849 e. The van der Waals surface area contributed by atoms with E-state index in [2.05, 4.69) is 45.0 Å². The monoisotopic (exact) mass is 285 g/mol. The van der Waals surface area contributed by atoms with Crippen molar-refractivity contribution in [1.29, 1.82) is 0 Å². The van der Waals surface area contributed by atoms with E-state index in [0.29, 0.717) is 6.04 Å². The second-order valence-corrected chi connectivity index (χ2v) is 6.58. The molecule has 0 aromatic carbocycles. The molecule has 0 bridgehead atoms. The van der Waals surface area contributed by atoms with Crippen LogP contribution in [0.25, 0.3) is 0 Å². The Labute approximate surface area is 122 Å². The lowest BCUT2D eigenvalue weighted by atomic mass is 9.83. The Morgan fingerprint density at radius 3 is 2.37 bits per heavy atom. The number of aryl methyl sites for hydroxylation is 2. The number of nitrogens with zero attached hydrogens (tertiary/aromatic N) is 2. The Balaban J connectivity index is 2.77. The van der Waals surface area contributed by atoms with Gasteiger partial charge >= 0.3 is 0 Å². The van der Waals surface area contributed by atoms with E-state index in [1.165, 1.54) is 0 Å². The maximum Gasteiger partial charge on any atom is 0.0849 e. The molecule has 1 unspecified atom stereocenters. The summed E-state index contributed by atoms with van der Waals surface area (Å²) in [7, 11) is 1.99. The van der Waals surface area contributed by atoms with Crippen molar-refractivity contribution in [2.75, 3.05) is 6.54 Å². The van der Waals surface area contributed by atoms with E-state index < -0.39 is 0 Å². The topological polar surface area (TPSA) is 29.9 Å². The van der Waals surface area contributed by atoms with Crippen molar-refractivity contribution in [3.8, 4) is 0 Å². The van der Waals surface area contributed by atoms with E-state index in [9.17, 15) is 0 Å². The average molecular weight is 286 g/mol. The highest BCUT2D eigenvalue weighted by molar-refractivity contribution is 6.31. The molecule has 4 heteroatoms. The minimum atomic E-state index is 0.259. The summed E-state index contributed by atoms with van der Waals surface area (Å²) in [6.45, 7) is 12.1. The third-order valence-electron chi connectivity index (χ3n) is 3.67. The van der Waals surface area contributed by atoms with Gasteiger partial charge in [-0.2, -0.15) is 5.10 Å². The van der Waals surface area contributed by atoms with Gasteiger partial charge in [0, 0.05) is 13.1 Å². The summed E-state index contributed by atoms with van der Waals surface area (Å²) >= 11 is 6.40. The Hall–Kier alpha value is -0.540. The molecule has 1 heterocycles. The molecule has 0 spiro atoms. The summed E-state index contributed by atoms with van der Waals surface area (Å²) < 4.78 is 1.94. The van der Waals surface area contributed by atoms with Crippen LogP contribution in [0.3, 0.4) is 0 Å². The number of rotatable bonds is 6. The zero-order valence-electron chi connectivity index (χ0n) is 13.2. The lowest BCUT2D eigenvalue weighted by Gasteiger charge is -2.31. The highest BCUT2D eigenvalue weighted by Gasteiger charge is 2.24. The second kappa shape index (κ2) is 6.76. The molecule has 0 aliphatic carbocycles. The minimum absolute atomic E-state index is 0.259. The van der Waals surface area contributed by atoms with Crippen molar-refractivity contribution in [3.63, 3.8) is 0 Å². The maximum atomic E-state index is 6.40. The molecule has 3 nitrogen and oxygen atoms in total. The Morgan fingerprint density at radius 2 is 1.95 bits per heavy atom. The van der Waals surface area contributed by atoms with Crippen molar-refractivity contribution >= 4 is 11.6 Å². The van der Waals surface area contributed by atoms with E-state index in [4.69, 9.17) is 11.6 Å². The molecule has 0 aliphatic heterocycles. The molecular formula is C15H28ClN3. The third-order valence-corrected chi connectivity index (χ3v) is 4.10. The number of hydrogen-bond acceptors (Lipinski definition) is 2. The van der Waals surface area contributed by atoms with Crippen molar-refractivity contribution in [3.05, 3.63) is 16.4 Å². The fourth-order valence-electron chi connectivity index (χ4n) is 2.46. The Bertz CT molecular complexity index is 404. The molecule has 0 saturated heterocycles. The first-order chi connectivity index (χ1) is 8.81.